The highest BCUT2D eigenvalue weighted by Gasteiger charge is 2.26. The molecule has 152 valence electrons. The Labute approximate surface area is 185 Å². The van der Waals surface area contributed by atoms with E-state index in [9.17, 15) is 0 Å². The topological polar surface area (TPSA) is 21.6 Å². The molecule has 0 bridgehead atoms. The number of benzene rings is 4. The Balaban J connectivity index is 1.53. The molecular weight excluding hydrogens is 397 g/mol. The van der Waals surface area contributed by atoms with E-state index in [-0.39, 0.29) is 6.04 Å². The molecule has 0 radical (unpaired) electrons. The van der Waals surface area contributed by atoms with Crippen molar-refractivity contribution in [1.82, 2.24) is 0 Å². The van der Waals surface area contributed by atoms with E-state index in [4.69, 9.17) is 9.73 Å². The largest absolute Gasteiger partial charge is 0.475 e. The Hall–Kier alpha value is -3.22. The Morgan fingerprint density at radius 2 is 1.23 bits per heavy atom. The number of ether oxygens (including phenoxy) is 1. The minimum atomic E-state index is -0.706. The molecule has 0 aromatic heterocycles. The third kappa shape index (κ3) is 4.45. The molecule has 0 saturated heterocycles. The zero-order valence-corrected chi connectivity index (χ0v) is 18.2. The smallest absolute Gasteiger partial charge is 0.217 e. The van der Waals surface area contributed by atoms with Crippen LogP contribution in [0, 0.1) is 0 Å². The van der Waals surface area contributed by atoms with Crippen LogP contribution >= 0.6 is 7.92 Å². The van der Waals surface area contributed by atoms with Crippen LogP contribution in [0.3, 0.4) is 0 Å². The van der Waals surface area contributed by atoms with Crippen molar-refractivity contribution in [3.05, 3.63) is 126 Å². The predicted octanol–water partition coefficient (Wildman–Crippen LogP) is 4.83. The van der Waals surface area contributed by atoms with Crippen LogP contribution in [0.1, 0.15) is 11.1 Å². The highest BCUT2D eigenvalue weighted by Crippen LogP contribution is 2.34. The summed E-state index contributed by atoms with van der Waals surface area (Å²) >= 11 is 0. The van der Waals surface area contributed by atoms with E-state index in [0.29, 0.717) is 6.61 Å². The van der Waals surface area contributed by atoms with Gasteiger partial charge < -0.3 is 4.74 Å². The number of aliphatic imine (C=N–C) groups is 1. The molecule has 1 atom stereocenters. The van der Waals surface area contributed by atoms with Gasteiger partial charge in [0.05, 0.1) is 6.04 Å². The van der Waals surface area contributed by atoms with Crippen LogP contribution in [0.5, 0.6) is 0 Å². The fraction of sp³-hybridized carbons (Fsp3) is 0.107. The fourth-order valence-electron chi connectivity index (χ4n) is 3.98. The summed E-state index contributed by atoms with van der Waals surface area (Å²) in [5.41, 5.74) is 2.40. The maximum atomic E-state index is 6.15. The quantitative estimate of drug-likeness (QED) is 0.409. The van der Waals surface area contributed by atoms with Gasteiger partial charge >= 0.3 is 0 Å². The molecular formula is C28H24NOP. The third-order valence-corrected chi connectivity index (χ3v) is 7.93. The lowest BCUT2D eigenvalue weighted by molar-refractivity contribution is 0.317. The van der Waals surface area contributed by atoms with E-state index < -0.39 is 7.92 Å². The van der Waals surface area contributed by atoms with Crippen molar-refractivity contribution in [2.45, 2.75) is 12.5 Å². The first-order valence-electron chi connectivity index (χ1n) is 10.6. The molecule has 0 N–H and O–H groups in total. The van der Waals surface area contributed by atoms with Crippen LogP contribution in [0.4, 0.5) is 0 Å². The first-order chi connectivity index (χ1) is 15.4. The lowest BCUT2D eigenvalue weighted by atomic mass is 10.1. The summed E-state index contributed by atoms with van der Waals surface area (Å²) < 4.78 is 6.15. The second-order valence-corrected chi connectivity index (χ2v) is 9.80. The average Bonchev–Trinajstić information content (AvgIpc) is 3.30. The predicted molar refractivity (Wildman–Crippen MR) is 132 cm³/mol. The van der Waals surface area contributed by atoms with Gasteiger partial charge in [-0.15, -0.1) is 0 Å². The molecule has 4 aromatic rings. The Kier molecular flexibility index (Phi) is 5.91. The van der Waals surface area contributed by atoms with Crippen LogP contribution in [0.25, 0.3) is 0 Å². The van der Waals surface area contributed by atoms with Crippen molar-refractivity contribution in [2.75, 3.05) is 6.61 Å². The van der Waals surface area contributed by atoms with Crippen molar-refractivity contribution >= 4 is 29.7 Å². The summed E-state index contributed by atoms with van der Waals surface area (Å²) in [5, 5.41) is 3.94. The molecule has 31 heavy (non-hydrogen) atoms. The molecule has 0 unspecified atom stereocenters. The molecule has 1 aliphatic rings. The molecule has 0 amide bonds. The minimum absolute atomic E-state index is 0.158. The molecule has 5 rings (SSSR count). The molecule has 0 spiro atoms. The molecule has 0 aliphatic carbocycles. The van der Waals surface area contributed by atoms with E-state index in [1.165, 1.54) is 21.5 Å². The van der Waals surface area contributed by atoms with Gasteiger partial charge in [0, 0.05) is 5.56 Å². The zero-order chi connectivity index (χ0) is 20.9. The Morgan fingerprint density at radius 1 is 0.677 bits per heavy atom. The SMILES string of the molecule is c1ccc(C[C@@H]2COC(c3ccccc3P(c3ccccc3)c3ccccc3)=N2)cc1. The van der Waals surface area contributed by atoms with Crippen LogP contribution < -0.4 is 15.9 Å². The van der Waals surface area contributed by atoms with E-state index >= 15 is 0 Å². The van der Waals surface area contributed by atoms with Crippen LogP contribution in [0.15, 0.2) is 120 Å². The van der Waals surface area contributed by atoms with Gasteiger partial charge in [-0.25, -0.2) is 4.99 Å². The average molecular weight is 421 g/mol. The van der Waals surface area contributed by atoms with Crippen LogP contribution in [0.2, 0.25) is 0 Å². The second kappa shape index (κ2) is 9.29. The second-order valence-electron chi connectivity index (χ2n) is 7.61. The number of hydrogen-bond acceptors (Lipinski definition) is 2. The van der Waals surface area contributed by atoms with Crippen LogP contribution in [-0.2, 0) is 11.2 Å². The van der Waals surface area contributed by atoms with Gasteiger partial charge in [0.1, 0.15) is 6.61 Å². The molecule has 2 nitrogen and oxygen atoms in total. The van der Waals surface area contributed by atoms with Crippen molar-refractivity contribution in [1.29, 1.82) is 0 Å². The van der Waals surface area contributed by atoms with Crippen molar-refractivity contribution < 1.29 is 4.74 Å². The third-order valence-electron chi connectivity index (χ3n) is 5.43. The van der Waals surface area contributed by atoms with Gasteiger partial charge in [-0.05, 0) is 41.9 Å². The van der Waals surface area contributed by atoms with E-state index in [2.05, 4.69) is 115 Å². The lowest BCUT2D eigenvalue weighted by Gasteiger charge is -2.22. The summed E-state index contributed by atoms with van der Waals surface area (Å²) in [7, 11) is -0.706. The summed E-state index contributed by atoms with van der Waals surface area (Å²) in [5.74, 6) is 0.774. The first kappa shape index (κ1) is 19.7. The number of nitrogens with zero attached hydrogens (tertiary/aromatic N) is 1. The Bertz CT molecular complexity index is 1120. The molecule has 1 heterocycles. The highest BCUT2D eigenvalue weighted by molar-refractivity contribution is 7.80. The summed E-state index contributed by atoms with van der Waals surface area (Å²) in [6.45, 7) is 0.632. The highest BCUT2D eigenvalue weighted by atomic mass is 31.1. The maximum absolute atomic E-state index is 6.15. The van der Waals surface area contributed by atoms with Gasteiger partial charge in [-0.1, -0.05) is 109 Å². The van der Waals surface area contributed by atoms with Crippen molar-refractivity contribution in [3.63, 3.8) is 0 Å². The van der Waals surface area contributed by atoms with E-state index in [1.54, 1.807) is 0 Å². The normalized spacial score (nSPS) is 15.5. The van der Waals surface area contributed by atoms with Gasteiger partial charge in [-0.2, -0.15) is 0 Å². The summed E-state index contributed by atoms with van der Waals surface area (Å²) in [6, 6.07) is 40.8. The maximum Gasteiger partial charge on any atom is 0.217 e. The van der Waals surface area contributed by atoms with Gasteiger partial charge in [-0.3, -0.25) is 0 Å². The zero-order valence-electron chi connectivity index (χ0n) is 17.3. The molecule has 4 aromatic carbocycles. The number of rotatable bonds is 6. The molecule has 3 heteroatoms. The molecule has 0 saturated carbocycles. The first-order valence-corrected chi connectivity index (χ1v) is 12.0. The fourth-order valence-corrected chi connectivity index (χ4v) is 6.43. The van der Waals surface area contributed by atoms with Gasteiger partial charge in [0.15, 0.2) is 0 Å². The lowest BCUT2D eigenvalue weighted by Crippen LogP contribution is -2.25. The van der Waals surface area contributed by atoms with Crippen LogP contribution in [-0.4, -0.2) is 18.5 Å². The molecule has 0 fully saturated rings. The van der Waals surface area contributed by atoms with Gasteiger partial charge in [0.2, 0.25) is 5.90 Å². The van der Waals surface area contributed by atoms with Crippen molar-refractivity contribution in [3.8, 4) is 0 Å². The minimum Gasteiger partial charge on any atom is -0.475 e. The Morgan fingerprint density at radius 3 is 1.87 bits per heavy atom. The summed E-state index contributed by atoms with van der Waals surface area (Å²) in [6.07, 6.45) is 0.901. The molecule has 1 aliphatic heterocycles. The number of hydrogen-bond donors (Lipinski definition) is 0. The van der Waals surface area contributed by atoms with E-state index in [0.717, 1.165) is 17.9 Å². The van der Waals surface area contributed by atoms with Gasteiger partial charge in [0.25, 0.3) is 0 Å². The summed E-state index contributed by atoms with van der Waals surface area (Å²) in [4.78, 5) is 4.99. The van der Waals surface area contributed by atoms with Crippen molar-refractivity contribution in [2.24, 2.45) is 4.99 Å². The van der Waals surface area contributed by atoms with E-state index in [1.807, 2.05) is 0 Å². The standard InChI is InChI=1S/C28H24NOP/c1-4-12-22(13-5-1)20-23-21-30-28(29-23)26-18-10-11-19-27(26)31(24-14-6-2-7-15-24)25-16-8-3-9-17-25/h1-19,23H,20-21H2/t23-/m1/s1. The monoisotopic (exact) mass is 421 g/mol.